The van der Waals surface area contributed by atoms with Crippen molar-refractivity contribution in [2.75, 3.05) is 25.4 Å². The number of likely N-dealkylation sites (tertiary alicyclic amines) is 1. The van der Waals surface area contributed by atoms with Crippen molar-refractivity contribution in [1.29, 1.82) is 0 Å². The summed E-state index contributed by atoms with van der Waals surface area (Å²) >= 11 is 0. The van der Waals surface area contributed by atoms with Crippen molar-refractivity contribution in [3.63, 3.8) is 0 Å². The summed E-state index contributed by atoms with van der Waals surface area (Å²) in [4.78, 5) is 13.4. The fourth-order valence-electron chi connectivity index (χ4n) is 2.72. The minimum absolute atomic E-state index is 0.450. The summed E-state index contributed by atoms with van der Waals surface area (Å²) in [7, 11) is 0. The molecule has 0 radical (unpaired) electrons. The molecule has 1 aliphatic rings. The van der Waals surface area contributed by atoms with Gasteiger partial charge < -0.3 is 20.6 Å². The van der Waals surface area contributed by atoms with Gasteiger partial charge in [-0.05, 0) is 38.8 Å². The molecule has 2 heterocycles. The average molecular weight is 317 g/mol. The van der Waals surface area contributed by atoms with Gasteiger partial charge in [0, 0.05) is 31.2 Å². The molecular weight excluding hydrogens is 290 g/mol. The van der Waals surface area contributed by atoms with Crippen LogP contribution in [0.4, 0.5) is 5.95 Å². The molecule has 0 spiro atoms. The van der Waals surface area contributed by atoms with Crippen molar-refractivity contribution < 1.29 is 0 Å². The fraction of sp³-hybridized carbons (Fsp3) is 0.500. The molecule has 1 saturated heterocycles. The fourth-order valence-corrected chi connectivity index (χ4v) is 2.72. The number of hydrogen-bond acceptors (Lipinski definition) is 6. The molecule has 1 aromatic heterocycles. The third kappa shape index (κ3) is 5.45. The van der Waals surface area contributed by atoms with Crippen LogP contribution in [0.25, 0.3) is 0 Å². The number of nitrogens with one attached hydrogen (secondary N) is 1. The summed E-state index contributed by atoms with van der Waals surface area (Å²) < 4.78 is 0. The van der Waals surface area contributed by atoms with Crippen molar-refractivity contribution >= 4 is 12.7 Å². The predicted octanol–water partition coefficient (Wildman–Crippen LogP) is 1.64. The number of hydrazine groups is 1. The van der Waals surface area contributed by atoms with Crippen molar-refractivity contribution in [2.24, 2.45) is 10.8 Å². The molecule has 2 rings (SSSR count). The van der Waals surface area contributed by atoms with Crippen molar-refractivity contribution in [3.8, 4) is 0 Å². The van der Waals surface area contributed by atoms with Gasteiger partial charge in [0.25, 0.3) is 0 Å². The number of rotatable bonds is 9. The molecule has 0 unspecified atom stereocenters. The molecule has 0 amide bonds. The number of aliphatic imine (C=N–C) groups is 1. The second kappa shape index (κ2) is 8.38. The number of H-pyrrole nitrogens is 1. The van der Waals surface area contributed by atoms with E-state index in [-0.39, 0.29) is 0 Å². The Kier molecular flexibility index (Phi) is 6.22. The monoisotopic (exact) mass is 317 g/mol. The van der Waals surface area contributed by atoms with Gasteiger partial charge in [0.1, 0.15) is 0 Å². The first-order valence-corrected chi connectivity index (χ1v) is 7.99. The second-order valence-electron chi connectivity index (χ2n) is 5.84. The molecule has 1 fully saturated rings. The van der Waals surface area contributed by atoms with Gasteiger partial charge in [0.05, 0.1) is 17.9 Å². The Balaban J connectivity index is 1.77. The Hall–Kier alpha value is -2.28. The van der Waals surface area contributed by atoms with Crippen LogP contribution in [0, 0.1) is 0 Å². The topological polar surface area (TPSA) is 99.6 Å². The highest BCUT2D eigenvalue weighted by atomic mass is 15.4. The maximum absolute atomic E-state index is 6.05. The Labute approximate surface area is 137 Å². The highest BCUT2D eigenvalue weighted by Crippen LogP contribution is 2.15. The van der Waals surface area contributed by atoms with Gasteiger partial charge in [-0.15, -0.1) is 0 Å². The first kappa shape index (κ1) is 17.1. The average Bonchev–Trinajstić information content (AvgIpc) is 3.17. The van der Waals surface area contributed by atoms with Crippen LogP contribution in [0.1, 0.15) is 31.4 Å². The van der Waals surface area contributed by atoms with E-state index in [1.165, 1.54) is 12.8 Å². The highest BCUT2D eigenvalue weighted by molar-refractivity contribution is 5.29. The number of hydrogen-bond donors (Lipinski definition) is 3. The first-order valence-electron chi connectivity index (χ1n) is 7.99. The summed E-state index contributed by atoms with van der Waals surface area (Å²) in [6.07, 6.45) is 8.68. The number of aryl methyl sites for hydroxylation is 1. The predicted molar refractivity (Wildman–Crippen MR) is 94.4 cm³/mol. The number of anilines is 1. The van der Waals surface area contributed by atoms with Gasteiger partial charge >= 0.3 is 0 Å². The standard InChI is InChI=1S/C16H27N7/c1-13(22-8-3-4-9-22)11-23(18)12-15(19-2)7-5-6-14-10-20-16(17)21-14/h10,12H,1-9,11,18H2,(H3,17,20,21)/b15-12-. The van der Waals surface area contributed by atoms with Crippen molar-refractivity contribution in [2.45, 2.75) is 32.1 Å². The van der Waals surface area contributed by atoms with Gasteiger partial charge in [0.15, 0.2) is 5.95 Å². The van der Waals surface area contributed by atoms with Crippen LogP contribution in [0.15, 0.2) is 35.4 Å². The number of allylic oxidation sites excluding steroid dienone is 1. The van der Waals surface area contributed by atoms with E-state index in [4.69, 9.17) is 11.6 Å². The van der Waals surface area contributed by atoms with E-state index in [0.717, 1.165) is 49.4 Å². The lowest BCUT2D eigenvalue weighted by molar-refractivity contribution is 0.341. The highest BCUT2D eigenvalue weighted by Gasteiger charge is 2.14. The number of aromatic nitrogens is 2. The molecule has 1 aromatic rings. The molecule has 0 aliphatic carbocycles. The maximum Gasteiger partial charge on any atom is 0.197 e. The third-order valence-electron chi connectivity index (χ3n) is 3.95. The molecule has 5 N–H and O–H groups in total. The zero-order valence-electron chi connectivity index (χ0n) is 13.7. The second-order valence-corrected chi connectivity index (χ2v) is 5.84. The van der Waals surface area contributed by atoms with Gasteiger partial charge in [-0.2, -0.15) is 0 Å². The van der Waals surface area contributed by atoms with Crippen LogP contribution >= 0.6 is 0 Å². The molecule has 0 bridgehead atoms. The first-order chi connectivity index (χ1) is 11.1. The summed E-state index contributed by atoms with van der Waals surface area (Å²) in [5, 5.41) is 1.64. The molecule has 1 aliphatic heterocycles. The van der Waals surface area contributed by atoms with Crippen LogP contribution in [-0.2, 0) is 6.42 Å². The van der Waals surface area contributed by atoms with E-state index < -0.39 is 0 Å². The normalized spacial score (nSPS) is 15.0. The largest absolute Gasteiger partial charge is 0.374 e. The minimum Gasteiger partial charge on any atom is -0.374 e. The summed E-state index contributed by atoms with van der Waals surface area (Å²) in [5.41, 5.74) is 8.43. The lowest BCUT2D eigenvalue weighted by atomic mass is 10.1. The Morgan fingerprint density at radius 1 is 1.48 bits per heavy atom. The lowest BCUT2D eigenvalue weighted by Gasteiger charge is -2.24. The SMILES string of the molecule is C=N/C(=C\N(N)CC(=C)N1CCCC1)CCCc1c[nH]c(N)n1. The van der Waals surface area contributed by atoms with Crippen LogP contribution in [-0.4, -0.2) is 46.2 Å². The summed E-state index contributed by atoms with van der Waals surface area (Å²) in [6.45, 7) is 10.5. The number of aromatic amines is 1. The van der Waals surface area contributed by atoms with Crippen LogP contribution < -0.4 is 11.6 Å². The van der Waals surface area contributed by atoms with Gasteiger partial charge in [0.2, 0.25) is 0 Å². The summed E-state index contributed by atoms with van der Waals surface area (Å²) in [5.74, 6) is 6.50. The van der Waals surface area contributed by atoms with Gasteiger partial charge in [-0.25, -0.2) is 10.8 Å². The molecule has 126 valence electrons. The zero-order chi connectivity index (χ0) is 16.7. The van der Waals surface area contributed by atoms with Crippen LogP contribution in [0.3, 0.4) is 0 Å². The van der Waals surface area contributed by atoms with Crippen molar-refractivity contribution in [3.05, 3.63) is 36.1 Å². The molecule has 7 heteroatoms. The zero-order valence-corrected chi connectivity index (χ0v) is 13.7. The molecular formula is C16H27N7. The van der Waals surface area contributed by atoms with Crippen LogP contribution in [0.2, 0.25) is 0 Å². The number of nitrogen functional groups attached to an aromatic ring is 1. The third-order valence-corrected chi connectivity index (χ3v) is 3.95. The van der Waals surface area contributed by atoms with Gasteiger partial charge in [-0.3, -0.25) is 4.99 Å². The Morgan fingerprint density at radius 3 is 2.83 bits per heavy atom. The minimum atomic E-state index is 0.450. The molecule has 23 heavy (non-hydrogen) atoms. The Morgan fingerprint density at radius 2 is 2.22 bits per heavy atom. The van der Waals surface area contributed by atoms with E-state index in [1.807, 2.05) is 12.4 Å². The number of nitrogens with zero attached hydrogens (tertiary/aromatic N) is 4. The van der Waals surface area contributed by atoms with Gasteiger partial charge in [-0.1, -0.05) is 6.58 Å². The van der Waals surface area contributed by atoms with E-state index in [1.54, 1.807) is 5.01 Å². The van der Waals surface area contributed by atoms with E-state index in [2.05, 4.69) is 33.2 Å². The quantitative estimate of drug-likeness (QED) is 0.365. The molecule has 0 saturated carbocycles. The molecule has 0 aromatic carbocycles. The van der Waals surface area contributed by atoms with E-state index in [9.17, 15) is 0 Å². The van der Waals surface area contributed by atoms with E-state index in [0.29, 0.717) is 12.5 Å². The lowest BCUT2D eigenvalue weighted by Crippen LogP contribution is -2.33. The van der Waals surface area contributed by atoms with E-state index >= 15 is 0 Å². The summed E-state index contributed by atoms with van der Waals surface area (Å²) in [6, 6.07) is 0. The van der Waals surface area contributed by atoms with Crippen LogP contribution in [0.5, 0.6) is 0 Å². The maximum atomic E-state index is 6.05. The van der Waals surface area contributed by atoms with Crippen molar-refractivity contribution in [1.82, 2.24) is 19.9 Å². The smallest absolute Gasteiger partial charge is 0.197 e. The Bertz CT molecular complexity index is 555. The number of nitrogens with two attached hydrogens (primary N) is 2. The number of imidazole rings is 1. The molecule has 7 nitrogen and oxygen atoms in total. The molecule has 0 atom stereocenters.